The fraction of sp³-hybridized carbons (Fsp3) is 0.286. The highest BCUT2D eigenvalue weighted by atomic mass is 19.3. The molecule has 0 aliphatic rings. The van der Waals surface area contributed by atoms with Gasteiger partial charge in [0.15, 0.2) is 5.65 Å². The smallest absolute Gasteiger partial charge is 0.249 e. The second-order valence-electron chi connectivity index (χ2n) is 2.73. The Kier molecular flexibility index (Phi) is 2.06. The van der Waals surface area contributed by atoms with E-state index in [0.717, 1.165) is 6.33 Å². The van der Waals surface area contributed by atoms with Gasteiger partial charge in [-0.25, -0.2) is 28.3 Å². The van der Waals surface area contributed by atoms with Crippen molar-refractivity contribution in [3.05, 3.63) is 18.9 Å². The van der Waals surface area contributed by atoms with E-state index in [1.165, 1.54) is 6.20 Å². The number of halogens is 4. The van der Waals surface area contributed by atoms with E-state index in [0.29, 0.717) is 6.33 Å². The molecule has 0 saturated heterocycles. The number of hydrogen-bond donors (Lipinski definition) is 0. The molecule has 0 N–H and O–H groups in total. The lowest BCUT2D eigenvalue weighted by Gasteiger charge is -2.16. The number of aromatic nitrogens is 4. The predicted octanol–water partition coefficient (Wildman–Crippen LogP) is 1.64. The SMILES string of the molecule is FC(F)C(F)(F)n1cnc2cncnc21. The van der Waals surface area contributed by atoms with Crippen LogP contribution >= 0.6 is 0 Å². The molecule has 2 aromatic heterocycles. The van der Waals surface area contributed by atoms with Crippen LogP contribution in [-0.4, -0.2) is 25.9 Å². The summed E-state index contributed by atoms with van der Waals surface area (Å²) in [7, 11) is 0. The van der Waals surface area contributed by atoms with E-state index in [9.17, 15) is 17.6 Å². The molecule has 8 heteroatoms. The van der Waals surface area contributed by atoms with Crippen molar-refractivity contribution in [2.75, 3.05) is 0 Å². The van der Waals surface area contributed by atoms with Crippen molar-refractivity contribution in [3.63, 3.8) is 0 Å². The van der Waals surface area contributed by atoms with Gasteiger partial charge in [0.2, 0.25) is 0 Å². The van der Waals surface area contributed by atoms with E-state index >= 15 is 0 Å². The largest absolute Gasteiger partial charge is 0.391 e. The minimum Gasteiger partial charge on any atom is -0.249 e. The van der Waals surface area contributed by atoms with Gasteiger partial charge >= 0.3 is 12.5 Å². The summed E-state index contributed by atoms with van der Waals surface area (Å²) >= 11 is 0. The molecular formula is C7H4F4N4. The lowest BCUT2D eigenvalue weighted by atomic mass is 10.5. The standard InChI is InChI=1S/C7H4F4N4/c8-6(9)7(10,11)15-3-14-4-1-12-2-13-5(4)15/h1-3,6H. The first kappa shape index (κ1) is 9.81. The van der Waals surface area contributed by atoms with Gasteiger partial charge < -0.3 is 0 Å². The summed E-state index contributed by atoms with van der Waals surface area (Å²) in [4.78, 5) is 10.5. The van der Waals surface area contributed by atoms with Crippen LogP contribution in [0.1, 0.15) is 0 Å². The molecule has 15 heavy (non-hydrogen) atoms. The fourth-order valence-electron chi connectivity index (χ4n) is 1.09. The highest BCUT2D eigenvalue weighted by Gasteiger charge is 2.44. The summed E-state index contributed by atoms with van der Waals surface area (Å²) in [5.41, 5.74) is -0.284. The Balaban J connectivity index is 2.62. The molecule has 80 valence electrons. The maximum Gasteiger partial charge on any atom is 0.391 e. The first-order valence-electron chi connectivity index (χ1n) is 3.83. The molecule has 0 amide bonds. The van der Waals surface area contributed by atoms with Crippen LogP contribution in [0.4, 0.5) is 17.6 Å². The van der Waals surface area contributed by atoms with E-state index in [1.54, 1.807) is 0 Å². The third kappa shape index (κ3) is 1.41. The summed E-state index contributed by atoms with van der Waals surface area (Å²) in [5, 5.41) is 0. The molecule has 0 fully saturated rings. The van der Waals surface area contributed by atoms with Crippen molar-refractivity contribution in [3.8, 4) is 0 Å². The van der Waals surface area contributed by atoms with Crippen molar-refractivity contribution >= 4 is 11.2 Å². The van der Waals surface area contributed by atoms with Gasteiger partial charge in [0.25, 0.3) is 0 Å². The highest BCUT2D eigenvalue weighted by Crippen LogP contribution is 2.30. The molecular weight excluding hydrogens is 216 g/mol. The number of rotatable bonds is 2. The van der Waals surface area contributed by atoms with Crippen LogP contribution in [0.25, 0.3) is 11.2 Å². The van der Waals surface area contributed by atoms with E-state index in [4.69, 9.17) is 0 Å². The number of fused-ring (bicyclic) bond motifs is 1. The normalized spacial score (nSPS) is 12.6. The number of hydrogen-bond acceptors (Lipinski definition) is 3. The summed E-state index contributed by atoms with van der Waals surface area (Å²) < 4.78 is 50.1. The third-order valence-corrected chi connectivity index (χ3v) is 1.80. The zero-order chi connectivity index (χ0) is 11.1. The van der Waals surface area contributed by atoms with Crippen LogP contribution in [0.3, 0.4) is 0 Å². The maximum absolute atomic E-state index is 13.0. The monoisotopic (exact) mass is 220 g/mol. The number of alkyl halides is 4. The Morgan fingerprint density at radius 2 is 2.00 bits per heavy atom. The number of nitrogens with zero attached hydrogens (tertiary/aromatic N) is 4. The molecule has 0 saturated carbocycles. The van der Waals surface area contributed by atoms with E-state index in [1.807, 2.05) is 0 Å². The van der Waals surface area contributed by atoms with Gasteiger partial charge in [-0.2, -0.15) is 8.78 Å². The topological polar surface area (TPSA) is 43.6 Å². The van der Waals surface area contributed by atoms with E-state index in [-0.39, 0.29) is 15.7 Å². The van der Waals surface area contributed by atoms with Crippen LogP contribution in [0.5, 0.6) is 0 Å². The Morgan fingerprint density at radius 3 is 2.67 bits per heavy atom. The van der Waals surface area contributed by atoms with Gasteiger partial charge in [-0.05, 0) is 0 Å². The first-order chi connectivity index (χ1) is 7.03. The van der Waals surface area contributed by atoms with Crippen molar-refractivity contribution < 1.29 is 17.6 Å². The molecule has 0 atom stereocenters. The number of imidazole rings is 1. The van der Waals surface area contributed by atoms with Crippen molar-refractivity contribution in [2.24, 2.45) is 0 Å². The molecule has 2 aromatic rings. The van der Waals surface area contributed by atoms with Gasteiger partial charge in [0.1, 0.15) is 18.2 Å². The second-order valence-corrected chi connectivity index (χ2v) is 2.73. The van der Waals surface area contributed by atoms with E-state index < -0.39 is 12.5 Å². The minimum absolute atomic E-state index is 0.0364. The molecule has 4 nitrogen and oxygen atoms in total. The van der Waals surface area contributed by atoms with Crippen LogP contribution in [-0.2, 0) is 6.05 Å². The van der Waals surface area contributed by atoms with Gasteiger partial charge in [-0.15, -0.1) is 0 Å². The molecule has 0 aliphatic carbocycles. The average molecular weight is 220 g/mol. The van der Waals surface area contributed by atoms with Crippen molar-refractivity contribution in [2.45, 2.75) is 12.5 Å². The van der Waals surface area contributed by atoms with Crippen molar-refractivity contribution in [1.29, 1.82) is 0 Å². The Hall–Kier alpha value is -1.73. The first-order valence-corrected chi connectivity index (χ1v) is 3.83. The molecule has 0 aliphatic heterocycles. The van der Waals surface area contributed by atoms with Gasteiger partial charge in [0.05, 0.1) is 6.20 Å². The van der Waals surface area contributed by atoms with Gasteiger partial charge in [-0.3, -0.25) is 0 Å². The lowest BCUT2D eigenvalue weighted by Crippen LogP contribution is -2.30. The molecule has 2 heterocycles. The summed E-state index contributed by atoms with van der Waals surface area (Å²) in [5.74, 6) is 0. The van der Waals surface area contributed by atoms with E-state index in [2.05, 4.69) is 15.0 Å². The molecule has 0 radical (unpaired) electrons. The van der Waals surface area contributed by atoms with Crippen LogP contribution in [0.2, 0.25) is 0 Å². The zero-order valence-electron chi connectivity index (χ0n) is 7.11. The Labute approximate surface area is 80.6 Å². The Morgan fingerprint density at radius 1 is 1.27 bits per heavy atom. The van der Waals surface area contributed by atoms with Crippen LogP contribution in [0.15, 0.2) is 18.9 Å². The summed E-state index contributed by atoms with van der Waals surface area (Å²) in [6.45, 7) is 0. The summed E-state index contributed by atoms with van der Waals surface area (Å²) in [6.07, 6.45) is -1.04. The quantitative estimate of drug-likeness (QED) is 0.722. The lowest BCUT2D eigenvalue weighted by molar-refractivity contribution is -0.187. The minimum atomic E-state index is -4.32. The summed E-state index contributed by atoms with van der Waals surface area (Å²) in [6, 6.07) is -4.32. The van der Waals surface area contributed by atoms with Gasteiger partial charge in [-0.1, -0.05) is 0 Å². The maximum atomic E-state index is 13.0. The second kappa shape index (κ2) is 3.14. The zero-order valence-corrected chi connectivity index (χ0v) is 7.11. The fourth-order valence-corrected chi connectivity index (χ4v) is 1.09. The van der Waals surface area contributed by atoms with Crippen LogP contribution in [0, 0.1) is 0 Å². The molecule has 0 unspecified atom stereocenters. The highest BCUT2D eigenvalue weighted by molar-refractivity contribution is 5.69. The van der Waals surface area contributed by atoms with Crippen LogP contribution < -0.4 is 0 Å². The predicted molar refractivity (Wildman–Crippen MR) is 41.5 cm³/mol. The Bertz CT molecular complexity index is 481. The average Bonchev–Trinajstić information content (AvgIpc) is 2.61. The molecule has 0 bridgehead atoms. The van der Waals surface area contributed by atoms with Gasteiger partial charge in [0, 0.05) is 0 Å². The molecule has 0 aromatic carbocycles. The van der Waals surface area contributed by atoms with Crippen molar-refractivity contribution in [1.82, 2.24) is 19.5 Å². The third-order valence-electron chi connectivity index (χ3n) is 1.80. The molecule has 2 rings (SSSR count). The molecule has 0 spiro atoms.